The molecule has 2 aromatic heterocycles. The fourth-order valence-corrected chi connectivity index (χ4v) is 7.86. The maximum Gasteiger partial charge on any atom is 0.356 e. The molecule has 68 heavy (non-hydrogen) atoms. The summed E-state index contributed by atoms with van der Waals surface area (Å²) in [6, 6.07) is 27.9. The van der Waals surface area contributed by atoms with Gasteiger partial charge in [0.05, 0.1) is 28.9 Å². The molecule has 7 rings (SSSR count). The molecule has 0 bridgehead atoms. The van der Waals surface area contributed by atoms with E-state index < -0.39 is 18.0 Å². The molecular weight excluding hydrogens is 863 g/mol. The average molecular weight is 924 g/mol. The van der Waals surface area contributed by atoms with Gasteiger partial charge in [0.15, 0.2) is 34.7 Å². The number of carbonyl (C=O) groups is 3. The zero-order chi connectivity index (χ0) is 48.9. The predicted molar refractivity (Wildman–Crippen MR) is 262 cm³/mol. The Bertz CT molecular complexity index is 2740. The SMILES string of the molecule is C=Cc1c(C(=O)NCC)noc1-c1cc(C(C)C)c(C)cc1OCc1ccccc1.CCNC(=O)c1noc(-c2cc(C(C)C)c(C)cc2OCc2ccccc2)c1C1CC(C(=O)OCC)=NO1. The molecule has 14 nitrogen and oxygen atoms in total. The number of hydrogen-bond acceptors (Lipinski definition) is 12. The smallest absolute Gasteiger partial charge is 0.356 e. The van der Waals surface area contributed by atoms with E-state index in [-0.39, 0.29) is 42.0 Å². The standard InChI is InChI=1S/C29H33N3O6.C25H28N2O3/c1-6-30-28(33)26-25(24-15-22(31-37-24)29(34)35-7-2)27(38-32-26)21-14-20(17(3)4)18(5)13-23(21)36-16-19-11-9-8-10-12-19;1-6-19-23(25(28)26-7-2)27-30-24(19)21-14-20(16(3)4)17(5)13-22(21)29-15-18-11-9-8-10-12-18/h8-14,17,24H,6-7,15-16H2,1-5H3,(H,30,33);6,8-14,16H,1,7,15H2,2-5H3,(H,26,28). The number of nitrogens with one attached hydrogen (secondary N) is 2. The number of ether oxygens (including phenoxy) is 3. The minimum absolute atomic E-state index is 0.0767. The molecule has 2 N–H and O–H groups in total. The molecule has 1 unspecified atom stereocenters. The van der Waals surface area contributed by atoms with Crippen molar-refractivity contribution in [2.24, 2.45) is 5.16 Å². The van der Waals surface area contributed by atoms with Gasteiger partial charge in [0.25, 0.3) is 11.8 Å². The van der Waals surface area contributed by atoms with Crippen molar-refractivity contribution in [3.8, 4) is 34.1 Å². The molecule has 0 radical (unpaired) electrons. The number of esters is 1. The second-order valence-electron chi connectivity index (χ2n) is 16.8. The van der Waals surface area contributed by atoms with E-state index in [1.807, 2.05) is 99.6 Å². The first-order valence-electron chi connectivity index (χ1n) is 23.0. The molecule has 1 aliphatic rings. The normalized spacial score (nSPS) is 13.0. The van der Waals surface area contributed by atoms with Crippen LogP contribution in [0, 0.1) is 13.8 Å². The van der Waals surface area contributed by atoms with Crippen molar-refractivity contribution in [2.45, 2.75) is 99.9 Å². The highest BCUT2D eigenvalue weighted by Crippen LogP contribution is 2.44. The molecule has 6 aromatic rings. The Morgan fingerprint density at radius 3 is 1.69 bits per heavy atom. The molecule has 1 aliphatic heterocycles. The summed E-state index contributed by atoms with van der Waals surface area (Å²) in [5.74, 6) is 1.38. The molecule has 0 saturated carbocycles. The van der Waals surface area contributed by atoms with Gasteiger partial charge in [-0.2, -0.15) is 0 Å². The van der Waals surface area contributed by atoms with Crippen LogP contribution in [-0.4, -0.2) is 53.5 Å². The van der Waals surface area contributed by atoms with Gasteiger partial charge in [-0.05, 0) is 104 Å². The largest absolute Gasteiger partial charge is 0.488 e. The zero-order valence-corrected chi connectivity index (χ0v) is 40.4. The van der Waals surface area contributed by atoms with Crippen LogP contribution in [0.3, 0.4) is 0 Å². The van der Waals surface area contributed by atoms with Crippen molar-refractivity contribution in [3.05, 3.63) is 147 Å². The lowest BCUT2D eigenvalue weighted by Crippen LogP contribution is -2.25. The number of oxime groups is 1. The van der Waals surface area contributed by atoms with Crippen molar-refractivity contribution in [1.29, 1.82) is 0 Å². The summed E-state index contributed by atoms with van der Waals surface area (Å²) >= 11 is 0. The minimum atomic E-state index is -0.765. The molecule has 356 valence electrons. The summed E-state index contributed by atoms with van der Waals surface area (Å²) in [7, 11) is 0. The number of aromatic nitrogens is 2. The number of hydrogen-bond donors (Lipinski definition) is 2. The first kappa shape index (κ1) is 49.9. The molecular formula is C54H61N5O9. The molecule has 0 saturated heterocycles. The molecule has 4 aromatic carbocycles. The molecule has 3 heterocycles. The van der Waals surface area contributed by atoms with Gasteiger partial charge in [-0.25, -0.2) is 4.79 Å². The Hall–Kier alpha value is -7.48. The van der Waals surface area contributed by atoms with Gasteiger partial charge >= 0.3 is 5.97 Å². The number of benzene rings is 4. The first-order valence-corrected chi connectivity index (χ1v) is 23.0. The number of rotatable bonds is 18. The predicted octanol–water partition coefficient (Wildman–Crippen LogP) is 11.2. The van der Waals surface area contributed by atoms with Gasteiger partial charge in [-0.3, -0.25) is 9.59 Å². The highest BCUT2D eigenvalue weighted by Gasteiger charge is 2.38. The molecule has 2 amide bonds. The quantitative estimate of drug-likeness (QED) is 0.0784. The maximum absolute atomic E-state index is 13.0. The summed E-state index contributed by atoms with van der Waals surface area (Å²) in [5.41, 5.74) is 9.38. The Kier molecular flexibility index (Phi) is 17.1. The molecule has 1 atom stereocenters. The highest BCUT2D eigenvalue weighted by atomic mass is 16.6. The van der Waals surface area contributed by atoms with Gasteiger partial charge in [-0.15, -0.1) is 0 Å². The number of aryl methyl sites for hydroxylation is 2. The summed E-state index contributed by atoms with van der Waals surface area (Å²) in [6.45, 7) is 23.8. The Morgan fingerprint density at radius 2 is 1.21 bits per heavy atom. The minimum Gasteiger partial charge on any atom is -0.488 e. The average Bonchev–Trinajstić information content (AvgIpc) is 4.11. The van der Waals surface area contributed by atoms with Crippen LogP contribution in [0.15, 0.2) is 106 Å². The van der Waals surface area contributed by atoms with E-state index in [9.17, 15) is 14.4 Å². The third-order valence-electron chi connectivity index (χ3n) is 11.2. The summed E-state index contributed by atoms with van der Waals surface area (Å²) < 4.78 is 29.0. The zero-order valence-electron chi connectivity index (χ0n) is 40.4. The fraction of sp³-hybridized carbons (Fsp3) is 0.333. The lowest BCUT2D eigenvalue weighted by atomic mass is 9.91. The van der Waals surface area contributed by atoms with Gasteiger partial charge < -0.3 is 38.7 Å². The van der Waals surface area contributed by atoms with Crippen molar-refractivity contribution in [3.63, 3.8) is 0 Å². The van der Waals surface area contributed by atoms with Crippen molar-refractivity contribution < 1.29 is 42.5 Å². The Balaban J connectivity index is 0.000000230. The van der Waals surface area contributed by atoms with Gasteiger partial charge in [0, 0.05) is 19.5 Å². The van der Waals surface area contributed by atoms with E-state index in [4.69, 9.17) is 28.1 Å². The molecule has 0 fully saturated rings. The summed E-state index contributed by atoms with van der Waals surface area (Å²) in [6.07, 6.45) is 0.952. The Morgan fingerprint density at radius 1 is 0.721 bits per heavy atom. The molecule has 0 spiro atoms. The molecule has 0 aliphatic carbocycles. The van der Waals surface area contributed by atoms with Gasteiger partial charge in [0.2, 0.25) is 0 Å². The van der Waals surface area contributed by atoms with E-state index in [1.54, 1.807) is 13.0 Å². The van der Waals surface area contributed by atoms with Crippen LogP contribution < -0.4 is 20.1 Å². The number of nitrogens with zero attached hydrogens (tertiary/aromatic N) is 3. The second-order valence-corrected chi connectivity index (χ2v) is 16.8. The second kappa shape index (κ2) is 23.3. The van der Waals surface area contributed by atoms with Crippen LogP contribution in [0.5, 0.6) is 11.5 Å². The van der Waals surface area contributed by atoms with E-state index in [2.05, 4.69) is 73.4 Å². The summed E-state index contributed by atoms with van der Waals surface area (Å²) in [5, 5.41) is 17.6. The van der Waals surface area contributed by atoms with Crippen LogP contribution in [0.1, 0.15) is 138 Å². The van der Waals surface area contributed by atoms with E-state index in [0.717, 1.165) is 33.4 Å². The van der Waals surface area contributed by atoms with Gasteiger partial charge in [-0.1, -0.05) is 116 Å². The Labute approximate surface area is 398 Å². The van der Waals surface area contributed by atoms with Crippen LogP contribution in [0.2, 0.25) is 0 Å². The van der Waals surface area contributed by atoms with Crippen LogP contribution in [-0.2, 0) is 27.6 Å². The lowest BCUT2D eigenvalue weighted by Gasteiger charge is -2.18. The van der Waals surface area contributed by atoms with Crippen LogP contribution in [0.25, 0.3) is 28.7 Å². The molecule has 14 heteroatoms. The van der Waals surface area contributed by atoms with Crippen LogP contribution >= 0.6 is 0 Å². The highest BCUT2D eigenvalue weighted by molar-refractivity contribution is 6.36. The topological polar surface area (TPSA) is 177 Å². The fourth-order valence-electron chi connectivity index (χ4n) is 7.86. The summed E-state index contributed by atoms with van der Waals surface area (Å²) in [4.78, 5) is 43.3. The van der Waals surface area contributed by atoms with Crippen molar-refractivity contribution in [2.75, 3.05) is 19.7 Å². The maximum atomic E-state index is 13.0. The number of carbonyl (C=O) groups excluding carboxylic acids is 3. The van der Waals surface area contributed by atoms with Crippen molar-refractivity contribution in [1.82, 2.24) is 20.9 Å². The van der Waals surface area contributed by atoms with E-state index >= 15 is 0 Å². The first-order chi connectivity index (χ1) is 32.8. The van der Waals surface area contributed by atoms with Gasteiger partial charge in [0.1, 0.15) is 24.7 Å². The van der Waals surface area contributed by atoms with Crippen LogP contribution in [0.4, 0.5) is 0 Å². The lowest BCUT2D eigenvalue weighted by molar-refractivity contribution is -0.135. The van der Waals surface area contributed by atoms with E-state index in [0.29, 0.717) is 71.9 Å². The number of amides is 2. The monoisotopic (exact) mass is 923 g/mol. The van der Waals surface area contributed by atoms with Crippen molar-refractivity contribution >= 4 is 29.6 Å². The van der Waals surface area contributed by atoms with E-state index in [1.165, 1.54) is 5.56 Å². The third kappa shape index (κ3) is 11.7. The third-order valence-corrected chi connectivity index (χ3v) is 11.2.